The van der Waals surface area contributed by atoms with Gasteiger partial charge in [-0.3, -0.25) is 0 Å². The normalized spacial score (nSPS) is 16.8. The molecule has 2 aromatic rings. The lowest BCUT2D eigenvalue weighted by Crippen LogP contribution is -2.32. The van der Waals surface area contributed by atoms with Gasteiger partial charge in [-0.25, -0.2) is 0 Å². The highest BCUT2D eigenvalue weighted by atomic mass is 16.3. The number of unbranched alkanes of at least 4 members (excludes halogenated alkanes) is 2. The molecule has 0 aliphatic carbocycles. The molecule has 1 aliphatic rings. The van der Waals surface area contributed by atoms with Crippen molar-refractivity contribution in [2.45, 2.75) is 64.3 Å². The van der Waals surface area contributed by atoms with Crippen molar-refractivity contribution in [3.63, 3.8) is 0 Å². The molecule has 3 rings (SSSR count). The largest absolute Gasteiger partial charge is 0.508 e. The first-order chi connectivity index (χ1) is 15.5. The molecule has 176 valence electrons. The van der Waals surface area contributed by atoms with Crippen molar-refractivity contribution in [2.24, 2.45) is 0 Å². The quantitative estimate of drug-likeness (QED) is 0.304. The molecule has 0 bridgehead atoms. The summed E-state index contributed by atoms with van der Waals surface area (Å²) in [4.78, 5) is 5.16. The van der Waals surface area contributed by atoms with Crippen molar-refractivity contribution < 1.29 is 15.3 Å². The molecule has 3 N–H and O–H groups in total. The molecule has 1 saturated heterocycles. The summed E-state index contributed by atoms with van der Waals surface area (Å²) in [5.41, 5.74) is 2.30. The number of nitrogens with zero attached hydrogens (tertiary/aromatic N) is 2. The number of hydrogen-bond donors (Lipinski definition) is 3. The second kappa shape index (κ2) is 12.7. The van der Waals surface area contributed by atoms with Gasteiger partial charge in [0.15, 0.2) is 11.5 Å². The summed E-state index contributed by atoms with van der Waals surface area (Å²) < 4.78 is 0. The van der Waals surface area contributed by atoms with E-state index in [0.717, 1.165) is 44.5 Å². The first-order valence-electron chi connectivity index (χ1n) is 12.3. The van der Waals surface area contributed by atoms with E-state index in [2.05, 4.69) is 22.8 Å². The first-order valence-corrected chi connectivity index (χ1v) is 12.3. The van der Waals surface area contributed by atoms with Crippen LogP contribution in [0.5, 0.6) is 17.2 Å². The van der Waals surface area contributed by atoms with Crippen molar-refractivity contribution in [1.29, 1.82) is 0 Å². The Morgan fingerprint density at radius 1 is 0.906 bits per heavy atom. The molecule has 1 heterocycles. The van der Waals surface area contributed by atoms with Crippen molar-refractivity contribution in [3.05, 3.63) is 53.6 Å². The van der Waals surface area contributed by atoms with Gasteiger partial charge in [0.1, 0.15) is 5.75 Å². The minimum atomic E-state index is -0.0543. The van der Waals surface area contributed by atoms with Crippen LogP contribution in [0.25, 0.3) is 0 Å². The highest BCUT2D eigenvalue weighted by molar-refractivity contribution is 5.40. The summed E-state index contributed by atoms with van der Waals surface area (Å²) in [7, 11) is 0. The molecule has 1 fully saturated rings. The van der Waals surface area contributed by atoms with Crippen LogP contribution in [0.4, 0.5) is 0 Å². The number of hydrogen-bond acceptors (Lipinski definition) is 5. The second-order valence-corrected chi connectivity index (χ2v) is 9.18. The predicted octanol–water partition coefficient (Wildman–Crippen LogP) is 4.94. The van der Waals surface area contributed by atoms with Gasteiger partial charge in [-0.05, 0) is 107 Å². The van der Waals surface area contributed by atoms with Crippen molar-refractivity contribution in [3.8, 4) is 17.2 Å². The van der Waals surface area contributed by atoms with Crippen LogP contribution in [0.15, 0.2) is 42.5 Å². The van der Waals surface area contributed by atoms with Gasteiger partial charge in [0.25, 0.3) is 0 Å². The van der Waals surface area contributed by atoms with Crippen LogP contribution in [-0.4, -0.2) is 63.9 Å². The van der Waals surface area contributed by atoms with Gasteiger partial charge >= 0.3 is 0 Å². The lowest BCUT2D eigenvalue weighted by Gasteiger charge is -2.25. The SMILES string of the molecule is CCCN(CCCCCN1CCC[C@@H]1Cc1cccc(O)c1)CCc1ccc(O)c(O)c1. The highest BCUT2D eigenvalue weighted by Crippen LogP contribution is 2.25. The number of benzene rings is 2. The number of rotatable bonds is 13. The molecule has 1 atom stereocenters. The number of phenols is 3. The Labute approximate surface area is 193 Å². The van der Waals surface area contributed by atoms with Gasteiger partial charge in [0, 0.05) is 12.6 Å². The van der Waals surface area contributed by atoms with Crippen molar-refractivity contribution in [2.75, 3.05) is 32.7 Å². The smallest absolute Gasteiger partial charge is 0.157 e. The molecule has 0 spiro atoms. The van der Waals surface area contributed by atoms with Crippen LogP contribution in [0.2, 0.25) is 0 Å². The summed E-state index contributed by atoms with van der Waals surface area (Å²) in [5.74, 6) is 0.279. The van der Waals surface area contributed by atoms with Crippen molar-refractivity contribution in [1.82, 2.24) is 9.80 Å². The summed E-state index contributed by atoms with van der Waals surface area (Å²) in [6.45, 7) is 7.79. The Morgan fingerprint density at radius 2 is 1.78 bits per heavy atom. The number of aromatic hydroxyl groups is 3. The summed E-state index contributed by atoms with van der Waals surface area (Å²) >= 11 is 0. The molecule has 32 heavy (non-hydrogen) atoms. The molecule has 0 unspecified atom stereocenters. The molecule has 5 heteroatoms. The van der Waals surface area contributed by atoms with E-state index in [1.165, 1.54) is 50.8 Å². The highest BCUT2D eigenvalue weighted by Gasteiger charge is 2.24. The molecule has 2 aromatic carbocycles. The van der Waals surface area contributed by atoms with E-state index < -0.39 is 0 Å². The molecular formula is C27H40N2O3. The fourth-order valence-electron chi connectivity index (χ4n) is 4.87. The minimum Gasteiger partial charge on any atom is -0.508 e. The molecule has 0 saturated carbocycles. The predicted molar refractivity (Wildman–Crippen MR) is 130 cm³/mol. The average Bonchev–Trinajstić information content (AvgIpc) is 3.21. The van der Waals surface area contributed by atoms with Gasteiger partial charge < -0.3 is 25.1 Å². The van der Waals surface area contributed by atoms with Gasteiger partial charge in [-0.15, -0.1) is 0 Å². The van der Waals surface area contributed by atoms with Crippen LogP contribution < -0.4 is 0 Å². The van der Waals surface area contributed by atoms with Crippen LogP contribution in [0, 0.1) is 0 Å². The van der Waals surface area contributed by atoms with E-state index in [0.29, 0.717) is 11.8 Å². The molecule has 0 radical (unpaired) electrons. The van der Waals surface area contributed by atoms with Gasteiger partial charge in [0.2, 0.25) is 0 Å². The molecule has 0 amide bonds. The topological polar surface area (TPSA) is 67.2 Å². The Bertz CT molecular complexity index is 826. The van der Waals surface area contributed by atoms with Crippen LogP contribution >= 0.6 is 0 Å². The van der Waals surface area contributed by atoms with E-state index in [-0.39, 0.29) is 11.5 Å². The Hall–Kier alpha value is -2.24. The Morgan fingerprint density at radius 3 is 2.56 bits per heavy atom. The zero-order valence-corrected chi connectivity index (χ0v) is 19.5. The van der Waals surface area contributed by atoms with Crippen LogP contribution in [-0.2, 0) is 12.8 Å². The Balaban J connectivity index is 1.35. The Kier molecular flexibility index (Phi) is 9.69. The first kappa shape index (κ1) is 24.4. The van der Waals surface area contributed by atoms with E-state index in [1.54, 1.807) is 18.2 Å². The molecule has 5 nitrogen and oxygen atoms in total. The summed E-state index contributed by atoms with van der Waals surface area (Å²) in [6.07, 6.45) is 9.30. The maximum absolute atomic E-state index is 9.72. The maximum Gasteiger partial charge on any atom is 0.157 e. The van der Waals surface area contributed by atoms with Gasteiger partial charge in [-0.2, -0.15) is 0 Å². The molecule has 1 aliphatic heterocycles. The number of phenolic OH excluding ortho intramolecular Hbond substituents is 3. The maximum atomic E-state index is 9.72. The lowest BCUT2D eigenvalue weighted by molar-refractivity contribution is 0.238. The third-order valence-corrected chi connectivity index (χ3v) is 6.60. The second-order valence-electron chi connectivity index (χ2n) is 9.18. The monoisotopic (exact) mass is 440 g/mol. The fourth-order valence-corrected chi connectivity index (χ4v) is 4.87. The van der Waals surface area contributed by atoms with Crippen LogP contribution in [0.3, 0.4) is 0 Å². The van der Waals surface area contributed by atoms with E-state index in [4.69, 9.17) is 0 Å². The van der Waals surface area contributed by atoms with Gasteiger partial charge in [0.05, 0.1) is 0 Å². The van der Waals surface area contributed by atoms with Crippen molar-refractivity contribution >= 4 is 0 Å². The third-order valence-electron chi connectivity index (χ3n) is 6.60. The van der Waals surface area contributed by atoms with Crippen LogP contribution in [0.1, 0.15) is 56.6 Å². The average molecular weight is 441 g/mol. The lowest BCUT2D eigenvalue weighted by atomic mass is 10.0. The standard InChI is InChI=1S/C27H40N2O3/c1-2-14-28(18-13-22-11-12-26(31)27(32)21-22)15-4-3-5-16-29-17-7-9-24(29)19-23-8-6-10-25(30)20-23/h6,8,10-12,20-21,24,30-32H,2-5,7,9,13-19H2,1H3/t24-/m1/s1. The fraction of sp³-hybridized carbons (Fsp3) is 0.556. The number of likely N-dealkylation sites (tertiary alicyclic amines) is 1. The van der Waals surface area contributed by atoms with E-state index in [1.807, 2.05) is 18.2 Å². The zero-order chi connectivity index (χ0) is 22.8. The summed E-state index contributed by atoms with van der Waals surface area (Å²) in [6, 6.07) is 13.4. The van der Waals surface area contributed by atoms with E-state index in [9.17, 15) is 15.3 Å². The van der Waals surface area contributed by atoms with E-state index >= 15 is 0 Å². The van der Waals surface area contributed by atoms with Gasteiger partial charge in [-0.1, -0.05) is 31.5 Å². The molecular weight excluding hydrogens is 400 g/mol. The third kappa shape index (κ3) is 7.72. The molecule has 0 aromatic heterocycles. The summed E-state index contributed by atoms with van der Waals surface area (Å²) in [5, 5.41) is 28.9. The zero-order valence-electron chi connectivity index (χ0n) is 19.5. The minimum absolute atomic E-state index is 0.0335.